The maximum absolute atomic E-state index is 9.17. The molecule has 0 aliphatic heterocycles. The largest absolute Gasteiger partial charge is 0.396 e. The Kier molecular flexibility index (Phi) is 9.87. The van der Waals surface area contributed by atoms with Crippen LogP contribution in [0.3, 0.4) is 0 Å². The van der Waals surface area contributed by atoms with Gasteiger partial charge in [0.25, 0.3) is 0 Å². The molecule has 1 atom stereocenters. The Labute approximate surface area is 80.7 Å². The normalized spacial score (nSPS) is 13.2. The lowest BCUT2D eigenvalue weighted by molar-refractivity contribution is 0.0228. The molecule has 0 saturated heterocycles. The van der Waals surface area contributed by atoms with E-state index in [1.807, 2.05) is 0 Å². The second-order valence-electron chi connectivity index (χ2n) is 3.30. The lowest BCUT2D eigenvalue weighted by Gasteiger charge is -2.09. The lowest BCUT2D eigenvalue weighted by Crippen LogP contribution is -2.17. The number of unbranched alkanes of at least 4 members (excludes halogenated alkanes) is 3. The van der Waals surface area contributed by atoms with Crippen LogP contribution in [-0.2, 0) is 4.74 Å². The van der Waals surface area contributed by atoms with E-state index in [4.69, 9.17) is 14.9 Å². The molecule has 13 heavy (non-hydrogen) atoms. The van der Waals surface area contributed by atoms with Crippen LogP contribution in [0.15, 0.2) is 0 Å². The van der Waals surface area contributed by atoms with Crippen LogP contribution in [-0.4, -0.2) is 36.1 Å². The highest BCUT2D eigenvalue weighted by atomic mass is 16.5. The predicted molar refractivity (Wildman–Crippen MR) is 52.7 cm³/mol. The number of aliphatic hydroxyl groups is 2. The first-order chi connectivity index (χ1) is 6.31. The average molecular weight is 190 g/mol. The standard InChI is InChI=1S/C10H22O3/c1-2-3-4-5-8-13-9-10(12)6-7-11/h10-12H,2-9H2,1H3. The first kappa shape index (κ1) is 12.9. The van der Waals surface area contributed by atoms with Gasteiger partial charge in [0.2, 0.25) is 0 Å². The van der Waals surface area contributed by atoms with Crippen molar-refractivity contribution in [1.82, 2.24) is 0 Å². The van der Waals surface area contributed by atoms with Gasteiger partial charge in [-0.1, -0.05) is 26.2 Å². The fourth-order valence-electron chi connectivity index (χ4n) is 1.08. The summed E-state index contributed by atoms with van der Waals surface area (Å²) in [7, 11) is 0. The molecule has 0 aromatic heterocycles. The molecule has 0 aromatic carbocycles. The smallest absolute Gasteiger partial charge is 0.0795 e. The molecule has 0 aromatic rings. The minimum absolute atomic E-state index is 0.0281. The minimum atomic E-state index is -0.504. The summed E-state index contributed by atoms with van der Waals surface area (Å²) in [4.78, 5) is 0. The number of rotatable bonds is 9. The topological polar surface area (TPSA) is 49.7 Å². The van der Waals surface area contributed by atoms with Gasteiger partial charge >= 0.3 is 0 Å². The van der Waals surface area contributed by atoms with Crippen LogP contribution in [0.4, 0.5) is 0 Å². The van der Waals surface area contributed by atoms with Crippen molar-refractivity contribution in [3.63, 3.8) is 0 Å². The maximum atomic E-state index is 9.17. The van der Waals surface area contributed by atoms with E-state index in [1.165, 1.54) is 19.3 Å². The highest BCUT2D eigenvalue weighted by Gasteiger charge is 2.01. The first-order valence-electron chi connectivity index (χ1n) is 5.18. The van der Waals surface area contributed by atoms with Gasteiger partial charge in [-0.05, 0) is 12.8 Å². The van der Waals surface area contributed by atoms with Gasteiger partial charge in [-0.15, -0.1) is 0 Å². The molecule has 0 fully saturated rings. The number of ether oxygens (including phenoxy) is 1. The molecule has 0 amide bonds. The number of hydrogen-bond donors (Lipinski definition) is 2. The molecule has 0 spiro atoms. The summed E-state index contributed by atoms with van der Waals surface area (Å²) >= 11 is 0. The maximum Gasteiger partial charge on any atom is 0.0795 e. The molecule has 0 aliphatic carbocycles. The van der Waals surface area contributed by atoms with Crippen LogP contribution in [0.25, 0.3) is 0 Å². The zero-order valence-electron chi connectivity index (χ0n) is 8.54. The average Bonchev–Trinajstić information content (AvgIpc) is 2.11. The summed E-state index contributed by atoms with van der Waals surface area (Å²) in [6, 6.07) is 0. The van der Waals surface area contributed by atoms with Crippen LogP contribution in [0.1, 0.15) is 39.0 Å². The number of aliphatic hydroxyl groups excluding tert-OH is 2. The highest BCUT2D eigenvalue weighted by molar-refractivity contribution is 4.51. The van der Waals surface area contributed by atoms with Crippen molar-refractivity contribution in [1.29, 1.82) is 0 Å². The van der Waals surface area contributed by atoms with Gasteiger partial charge in [-0.25, -0.2) is 0 Å². The Bertz CT molecular complexity index is 96.2. The monoisotopic (exact) mass is 190 g/mol. The zero-order chi connectivity index (χ0) is 9.94. The first-order valence-corrected chi connectivity index (χ1v) is 5.18. The van der Waals surface area contributed by atoms with Gasteiger partial charge in [-0.3, -0.25) is 0 Å². The quantitative estimate of drug-likeness (QED) is 0.539. The minimum Gasteiger partial charge on any atom is -0.396 e. The molecule has 0 heterocycles. The van der Waals surface area contributed by atoms with Crippen molar-refractivity contribution in [2.75, 3.05) is 19.8 Å². The van der Waals surface area contributed by atoms with E-state index in [0.717, 1.165) is 13.0 Å². The van der Waals surface area contributed by atoms with E-state index < -0.39 is 6.10 Å². The molecule has 0 bridgehead atoms. The van der Waals surface area contributed by atoms with E-state index in [0.29, 0.717) is 13.0 Å². The van der Waals surface area contributed by atoms with Gasteiger partial charge < -0.3 is 14.9 Å². The summed E-state index contributed by atoms with van der Waals surface area (Å²) in [6.45, 7) is 3.28. The summed E-state index contributed by atoms with van der Waals surface area (Å²) in [5.74, 6) is 0. The molecular weight excluding hydrogens is 168 g/mol. The third-order valence-electron chi connectivity index (χ3n) is 1.91. The molecule has 80 valence electrons. The van der Waals surface area contributed by atoms with Gasteiger partial charge in [0, 0.05) is 13.2 Å². The van der Waals surface area contributed by atoms with Gasteiger partial charge in [0.05, 0.1) is 12.7 Å². The third kappa shape index (κ3) is 9.80. The summed E-state index contributed by atoms with van der Waals surface area (Å²) < 4.78 is 5.23. The molecule has 3 nitrogen and oxygen atoms in total. The Balaban J connectivity index is 2.97. The van der Waals surface area contributed by atoms with E-state index in [9.17, 15) is 0 Å². The molecular formula is C10H22O3. The predicted octanol–water partition coefficient (Wildman–Crippen LogP) is 1.33. The summed E-state index contributed by atoms with van der Waals surface area (Å²) in [5, 5.41) is 17.7. The fraction of sp³-hybridized carbons (Fsp3) is 1.00. The van der Waals surface area contributed by atoms with Crippen molar-refractivity contribution in [2.45, 2.75) is 45.1 Å². The fourth-order valence-corrected chi connectivity index (χ4v) is 1.08. The van der Waals surface area contributed by atoms with E-state index in [-0.39, 0.29) is 6.61 Å². The Morgan fingerprint density at radius 3 is 2.62 bits per heavy atom. The van der Waals surface area contributed by atoms with Crippen molar-refractivity contribution >= 4 is 0 Å². The van der Waals surface area contributed by atoms with E-state index >= 15 is 0 Å². The van der Waals surface area contributed by atoms with Crippen LogP contribution in [0, 0.1) is 0 Å². The van der Waals surface area contributed by atoms with Crippen molar-refractivity contribution < 1.29 is 14.9 Å². The van der Waals surface area contributed by atoms with Gasteiger partial charge in [0.15, 0.2) is 0 Å². The van der Waals surface area contributed by atoms with E-state index in [1.54, 1.807) is 0 Å². The Hall–Kier alpha value is -0.120. The molecule has 0 rings (SSSR count). The molecule has 3 heteroatoms. The summed E-state index contributed by atoms with van der Waals surface area (Å²) in [5.41, 5.74) is 0. The van der Waals surface area contributed by atoms with Gasteiger partial charge in [0.1, 0.15) is 0 Å². The van der Waals surface area contributed by atoms with Crippen molar-refractivity contribution in [3.8, 4) is 0 Å². The van der Waals surface area contributed by atoms with Crippen molar-refractivity contribution in [2.24, 2.45) is 0 Å². The van der Waals surface area contributed by atoms with Crippen molar-refractivity contribution in [3.05, 3.63) is 0 Å². The van der Waals surface area contributed by atoms with Crippen LogP contribution < -0.4 is 0 Å². The zero-order valence-corrected chi connectivity index (χ0v) is 8.54. The van der Waals surface area contributed by atoms with Crippen LogP contribution in [0.5, 0.6) is 0 Å². The Morgan fingerprint density at radius 1 is 1.23 bits per heavy atom. The highest BCUT2D eigenvalue weighted by Crippen LogP contribution is 1.99. The second-order valence-corrected chi connectivity index (χ2v) is 3.30. The van der Waals surface area contributed by atoms with Crippen LogP contribution >= 0.6 is 0 Å². The van der Waals surface area contributed by atoms with Gasteiger partial charge in [-0.2, -0.15) is 0 Å². The number of hydrogen-bond acceptors (Lipinski definition) is 3. The summed E-state index contributed by atoms with van der Waals surface area (Å²) in [6.07, 6.45) is 4.66. The van der Waals surface area contributed by atoms with Crippen LogP contribution in [0.2, 0.25) is 0 Å². The lowest BCUT2D eigenvalue weighted by atomic mass is 10.2. The molecule has 0 radical (unpaired) electrons. The SMILES string of the molecule is CCCCCCOCC(O)CCO. The molecule has 0 saturated carbocycles. The van der Waals surface area contributed by atoms with E-state index in [2.05, 4.69) is 6.92 Å². The Morgan fingerprint density at radius 2 is 2.00 bits per heavy atom. The molecule has 2 N–H and O–H groups in total. The molecule has 0 aliphatic rings. The molecule has 1 unspecified atom stereocenters. The third-order valence-corrected chi connectivity index (χ3v) is 1.91. The second kappa shape index (κ2) is 9.96.